The Balaban J connectivity index is 2.80. The number of carboxylic acid groups (broad SMARTS) is 1. The Morgan fingerprint density at radius 3 is 2.65 bits per heavy atom. The van der Waals surface area contributed by atoms with Gasteiger partial charge in [0, 0.05) is 13.2 Å². The molecule has 2 N–H and O–H groups in total. The van der Waals surface area contributed by atoms with Crippen LogP contribution in [0.3, 0.4) is 0 Å². The Morgan fingerprint density at radius 1 is 1.53 bits per heavy atom. The average molecular weight is 243 g/mol. The minimum absolute atomic E-state index is 0.101. The normalized spacial score (nSPS) is 30.2. The molecule has 0 unspecified atom stereocenters. The molecule has 0 saturated carbocycles. The van der Waals surface area contributed by atoms with Gasteiger partial charge in [0.2, 0.25) is 0 Å². The van der Waals surface area contributed by atoms with E-state index in [1.165, 1.54) is 0 Å². The number of ether oxygens (including phenoxy) is 1. The van der Waals surface area contributed by atoms with E-state index in [4.69, 9.17) is 4.74 Å². The van der Waals surface area contributed by atoms with Crippen LogP contribution in [0.5, 0.6) is 0 Å². The van der Waals surface area contributed by atoms with Crippen molar-refractivity contribution in [1.82, 2.24) is 5.32 Å². The van der Waals surface area contributed by atoms with Crippen molar-refractivity contribution in [1.29, 1.82) is 0 Å². The predicted molar refractivity (Wildman–Crippen MR) is 67.0 cm³/mol. The Morgan fingerprint density at radius 2 is 2.18 bits per heavy atom. The molecule has 0 aromatic heterocycles. The van der Waals surface area contributed by atoms with Gasteiger partial charge >= 0.3 is 5.97 Å². The van der Waals surface area contributed by atoms with Gasteiger partial charge in [0.1, 0.15) is 0 Å². The zero-order valence-electron chi connectivity index (χ0n) is 11.4. The Hall–Kier alpha value is -0.610. The Labute approximate surface area is 104 Å². The van der Waals surface area contributed by atoms with Crippen LogP contribution in [0.4, 0.5) is 0 Å². The molecule has 1 rings (SSSR count). The summed E-state index contributed by atoms with van der Waals surface area (Å²) >= 11 is 0. The lowest BCUT2D eigenvalue weighted by Crippen LogP contribution is -2.58. The van der Waals surface area contributed by atoms with E-state index < -0.39 is 11.6 Å². The van der Waals surface area contributed by atoms with Gasteiger partial charge in [-0.15, -0.1) is 0 Å². The Kier molecular flexibility index (Phi) is 4.55. The Bertz CT molecular complexity index is 272. The molecule has 0 aromatic carbocycles. The van der Waals surface area contributed by atoms with E-state index in [-0.39, 0.29) is 5.41 Å². The molecule has 1 saturated heterocycles. The van der Waals surface area contributed by atoms with Crippen LogP contribution in [0.2, 0.25) is 0 Å². The number of piperidine rings is 1. The van der Waals surface area contributed by atoms with Crippen LogP contribution >= 0.6 is 0 Å². The molecule has 1 aliphatic heterocycles. The molecule has 1 aliphatic rings. The second-order valence-electron chi connectivity index (χ2n) is 6.05. The largest absolute Gasteiger partial charge is 0.479 e. The molecule has 0 radical (unpaired) electrons. The summed E-state index contributed by atoms with van der Waals surface area (Å²) in [6.07, 6.45) is 1.44. The first-order valence-electron chi connectivity index (χ1n) is 6.40. The lowest BCUT2D eigenvalue weighted by atomic mass is 9.72. The summed E-state index contributed by atoms with van der Waals surface area (Å²) in [5, 5.41) is 12.7. The maximum atomic E-state index is 11.5. The highest BCUT2D eigenvalue weighted by Crippen LogP contribution is 2.36. The first kappa shape index (κ1) is 14.5. The molecule has 100 valence electrons. The topological polar surface area (TPSA) is 58.6 Å². The predicted octanol–water partition coefficient (Wildman–Crippen LogP) is 1.89. The van der Waals surface area contributed by atoms with Gasteiger partial charge in [-0.05, 0) is 30.7 Å². The second-order valence-corrected chi connectivity index (χ2v) is 6.05. The van der Waals surface area contributed by atoms with Crippen molar-refractivity contribution in [3.05, 3.63) is 0 Å². The van der Waals surface area contributed by atoms with E-state index in [2.05, 4.69) is 26.1 Å². The number of carbonyl (C=O) groups is 1. The minimum atomic E-state index is -1.04. The van der Waals surface area contributed by atoms with Crippen LogP contribution in [0.15, 0.2) is 0 Å². The van der Waals surface area contributed by atoms with E-state index in [1.807, 2.05) is 6.92 Å². The van der Waals surface area contributed by atoms with E-state index in [0.717, 1.165) is 13.0 Å². The summed E-state index contributed by atoms with van der Waals surface area (Å²) in [6, 6.07) is 0. The summed E-state index contributed by atoms with van der Waals surface area (Å²) in [6.45, 7) is 10.2. The summed E-state index contributed by atoms with van der Waals surface area (Å²) in [7, 11) is 0. The molecule has 0 amide bonds. The zero-order chi connectivity index (χ0) is 13.1. The highest BCUT2D eigenvalue weighted by atomic mass is 16.5. The number of rotatable bonds is 4. The summed E-state index contributed by atoms with van der Waals surface area (Å²) in [4.78, 5) is 11.5. The fraction of sp³-hybridized carbons (Fsp3) is 0.923. The number of hydrogen-bond acceptors (Lipinski definition) is 3. The van der Waals surface area contributed by atoms with E-state index >= 15 is 0 Å². The van der Waals surface area contributed by atoms with Gasteiger partial charge in [0.05, 0.1) is 0 Å². The third kappa shape index (κ3) is 3.42. The van der Waals surface area contributed by atoms with Crippen LogP contribution in [-0.2, 0) is 9.53 Å². The van der Waals surface area contributed by atoms with Crippen molar-refractivity contribution in [3.63, 3.8) is 0 Å². The van der Waals surface area contributed by atoms with Gasteiger partial charge in [-0.2, -0.15) is 0 Å². The van der Waals surface area contributed by atoms with Crippen molar-refractivity contribution < 1.29 is 14.6 Å². The molecule has 0 spiro atoms. The van der Waals surface area contributed by atoms with E-state index in [9.17, 15) is 9.90 Å². The highest BCUT2D eigenvalue weighted by molar-refractivity contribution is 5.78. The molecule has 1 fully saturated rings. The quantitative estimate of drug-likeness (QED) is 0.791. The van der Waals surface area contributed by atoms with E-state index in [1.54, 1.807) is 0 Å². The van der Waals surface area contributed by atoms with Gasteiger partial charge in [0.25, 0.3) is 0 Å². The standard InChI is InChI=1S/C13H25NO3/c1-5-6-17-13(11(15)16)7-10(8-14-9-13)12(2,3)4/h10,14H,5-9H2,1-4H3,(H,15,16)/t10-,13+/m1/s1. The van der Waals surface area contributed by atoms with Crippen LogP contribution in [0.1, 0.15) is 40.5 Å². The molecule has 17 heavy (non-hydrogen) atoms. The number of hydrogen-bond donors (Lipinski definition) is 2. The molecule has 0 aromatic rings. The fourth-order valence-corrected chi connectivity index (χ4v) is 2.24. The molecule has 4 nitrogen and oxygen atoms in total. The summed E-state index contributed by atoms with van der Waals surface area (Å²) in [5.41, 5.74) is -0.935. The smallest absolute Gasteiger partial charge is 0.337 e. The molecule has 4 heteroatoms. The molecule has 0 aliphatic carbocycles. The zero-order valence-corrected chi connectivity index (χ0v) is 11.4. The SMILES string of the molecule is CCCO[C@]1(C(=O)O)CNC[C@H](C(C)(C)C)C1. The maximum absolute atomic E-state index is 11.5. The van der Waals surface area contributed by atoms with E-state index in [0.29, 0.717) is 25.5 Å². The van der Waals surface area contributed by atoms with Crippen LogP contribution in [0.25, 0.3) is 0 Å². The maximum Gasteiger partial charge on any atom is 0.337 e. The summed E-state index contributed by atoms with van der Waals surface area (Å²) < 4.78 is 5.64. The van der Waals surface area contributed by atoms with Crippen LogP contribution in [-0.4, -0.2) is 36.4 Å². The lowest BCUT2D eigenvalue weighted by molar-refractivity contribution is -0.172. The summed E-state index contributed by atoms with van der Waals surface area (Å²) in [5.74, 6) is -0.517. The first-order valence-corrected chi connectivity index (χ1v) is 6.40. The average Bonchev–Trinajstić information content (AvgIpc) is 2.25. The van der Waals surface area contributed by atoms with Crippen molar-refractivity contribution in [2.75, 3.05) is 19.7 Å². The highest BCUT2D eigenvalue weighted by Gasteiger charge is 2.46. The lowest BCUT2D eigenvalue weighted by Gasteiger charge is -2.43. The van der Waals surface area contributed by atoms with Gasteiger partial charge in [-0.25, -0.2) is 4.79 Å². The van der Waals surface area contributed by atoms with Gasteiger partial charge in [-0.1, -0.05) is 27.7 Å². The minimum Gasteiger partial charge on any atom is -0.479 e. The molecule has 1 heterocycles. The fourth-order valence-electron chi connectivity index (χ4n) is 2.24. The van der Waals surface area contributed by atoms with Crippen molar-refractivity contribution >= 4 is 5.97 Å². The number of nitrogens with one attached hydrogen (secondary N) is 1. The monoisotopic (exact) mass is 243 g/mol. The number of aliphatic carboxylic acids is 1. The number of carboxylic acids is 1. The third-order valence-electron chi connectivity index (χ3n) is 3.57. The molecular formula is C13H25NO3. The van der Waals surface area contributed by atoms with Crippen molar-refractivity contribution in [2.45, 2.75) is 46.1 Å². The molecular weight excluding hydrogens is 218 g/mol. The van der Waals surface area contributed by atoms with Gasteiger partial charge in [-0.3, -0.25) is 0 Å². The first-order chi connectivity index (χ1) is 7.82. The van der Waals surface area contributed by atoms with Crippen LogP contribution < -0.4 is 5.32 Å². The van der Waals surface area contributed by atoms with Crippen molar-refractivity contribution in [2.24, 2.45) is 11.3 Å². The molecule has 0 bridgehead atoms. The van der Waals surface area contributed by atoms with Crippen LogP contribution in [0, 0.1) is 11.3 Å². The third-order valence-corrected chi connectivity index (χ3v) is 3.57. The van der Waals surface area contributed by atoms with Gasteiger partial charge in [0.15, 0.2) is 5.60 Å². The van der Waals surface area contributed by atoms with Gasteiger partial charge < -0.3 is 15.2 Å². The second kappa shape index (κ2) is 5.36. The molecule has 2 atom stereocenters. The van der Waals surface area contributed by atoms with Crippen molar-refractivity contribution in [3.8, 4) is 0 Å².